The second-order valence-corrected chi connectivity index (χ2v) is 4.77. The predicted molar refractivity (Wildman–Crippen MR) is 76.8 cm³/mol. The van der Waals surface area contributed by atoms with E-state index in [1.165, 1.54) is 11.1 Å². The van der Waals surface area contributed by atoms with Crippen molar-refractivity contribution in [2.45, 2.75) is 32.6 Å². The first kappa shape index (κ1) is 14.4. The Morgan fingerprint density at radius 2 is 2.05 bits per heavy atom. The van der Waals surface area contributed by atoms with Gasteiger partial charge in [-0.05, 0) is 30.9 Å². The lowest BCUT2D eigenvalue weighted by molar-refractivity contribution is -0.425. The summed E-state index contributed by atoms with van der Waals surface area (Å²) in [5.74, 6) is 1.30. The average molecular weight is 277 g/mol. The lowest BCUT2D eigenvalue weighted by atomic mass is 10.0. The van der Waals surface area contributed by atoms with Gasteiger partial charge in [-0.1, -0.05) is 6.92 Å². The Labute approximate surface area is 118 Å². The summed E-state index contributed by atoms with van der Waals surface area (Å²) in [6.45, 7) is 1.77. The third-order valence-electron chi connectivity index (χ3n) is 3.66. The summed E-state index contributed by atoms with van der Waals surface area (Å²) in [5, 5.41) is 11.0. The zero-order valence-corrected chi connectivity index (χ0v) is 12.1. The Morgan fingerprint density at radius 1 is 1.35 bits per heavy atom. The Hall–Kier alpha value is -2.04. The number of benzene rings is 1. The van der Waals surface area contributed by atoms with Gasteiger partial charge in [0.1, 0.15) is 0 Å². The molecule has 0 spiro atoms. The molecular weight excluding hydrogens is 258 g/mol. The van der Waals surface area contributed by atoms with Gasteiger partial charge in [0, 0.05) is 23.6 Å². The van der Waals surface area contributed by atoms with E-state index in [4.69, 9.17) is 9.47 Å². The molecule has 0 saturated heterocycles. The van der Waals surface area contributed by atoms with Crippen LogP contribution in [0, 0.1) is 10.1 Å². The van der Waals surface area contributed by atoms with Gasteiger partial charge in [0.05, 0.1) is 19.1 Å². The largest absolute Gasteiger partial charge is 0.493 e. The van der Waals surface area contributed by atoms with Gasteiger partial charge in [-0.2, -0.15) is 0 Å². The highest BCUT2D eigenvalue weighted by Gasteiger charge is 2.23. The fraction of sp³-hybridized carbons (Fsp3) is 0.467. The third kappa shape index (κ3) is 2.48. The highest BCUT2D eigenvalue weighted by Crippen LogP contribution is 2.42. The number of nitrogens with zero attached hydrogens (tertiary/aromatic N) is 1. The van der Waals surface area contributed by atoms with Gasteiger partial charge in [0.25, 0.3) is 0 Å². The van der Waals surface area contributed by atoms with Crippen LogP contribution in [0.15, 0.2) is 11.8 Å². The molecule has 2 rings (SSSR count). The van der Waals surface area contributed by atoms with Gasteiger partial charge in [-0.3, -0.25) is 10.1 Å². The molecule has 0 unspecified atom stereocenters. The van der Waals surface area contributed by atoms with Crippen LogP contribution in [0.1, 0.15) is 36.5 Å². The van der Waals surface area contributed by atoms with Crippen molar-refractivity contribution in [1.29, 1.82) is 0 Å². The van der Waals surface area contributed by atoms with Gasteiger partial charge in [0.2, 0.25) is 5.70 Å². The Morgan fingerprint density at radius 3 is 2.60 bits per heavy atom. The van der Waals surface area contributed by atoms with E-state index in [0.29, 0.717) is 17.9 Å². The molecule has 1 aliphatic carbocycles. The van der Waals surface area contributed by atoms with Crippen molar-refractivity contribution >= 4 is 6.08 Å². The molecule has 0 fully saturated rings. The molecule has 0 saturated carbocycles. The third-order valence-corrected chi connectivity index (χ3v) is 3.66. The number of methoxy groups -OCH3 is 2. The molecule has 108 valence electrons. The molecule has 5 heteroatoms. The maximum Gasteiger partial charge on any atom is 0.246 e. The van der Waals surface area contributed by atoms with Crippen molar-refractivity contribution in [1.82, 2.24) is 0 Å². The van der Waals surface area contributed by atoms with Crippen LogP contribution < -0.4 is 9.47 Å². The molecule has 0 amide bonds. The molecule has 5 nitrogen and oxygen atoms in total. The second kappa shape index (κ2) is 5.94. The fourth-order valence-electron chi connectivity index (χ4n) is 2.70. The standard InChI is InChI=1S/C15H19NO4/c1-4-12(16(17)18)9-11-8-10-6-5-7-13(10)15(20-3)14(11)19-2/h8-9H,4-7H2,1-3H3. The van der Waals surface area contributed by atoms with Crippen LogP contribution in [-0.4, -0.2) is 19.1 Å². The first-order valence-corrected chi connectivity index (χ1v) is 6.74. The smallest absolute Gasteiger partial charge is 0.246 e. The summed E-state index contributed by atoms with van der Waals surface area (Å²) in [4.78, 5) is 10.6. The lowest BCUT2D eigenvalue weighted by Gasteiger charge is -2.15. The van der Waals surface area contributed by atoms with Crippen LogP contribution in [0.2, 0.25) is 0 Å². The highest BCUT2D eigenvalue weighted by atomic mass is 16.6. The minimum atomic E-state index is -0.348. The van der Waals surface area contributed by atoms with Gasteiger partial charge < -0.3 is 9.47 Å². The SMILES string of the molecule is CCC(=Cc1cc2c(c(OC)c1OC)CCC2)[N+](=O)[O-]. The number of ether oxygens (including phenoxy) is 2. The van der Waals surface area contributed by atoms with E-state index in [-0.39, 0.29) is 10.6 Å². The highest BCUT2D eigenvalue weighted by molar-refractivity contribution is 5.68. The molecule has 0 atom stereocenters. The van der Waals surface area contributed by atoms with Crippen LogP contribution in [0.25, 0.3) is 6.08 Å². The van der Waals surface area contributed by atoms with Crippen LogP contribution in [-0.2, 0) is 12.8 Å². The summed E-state index contributed by atoms with van der Waals surface area (Å²) >= 11 is 0. The lowest BCUT2D eigenvalue weighted by Crippen LogP contribution is -2.01. The number of aryl methyl sites for hydroxylation is 1. The summed E-state index contributed by atoms with van der Waals surface area (Å²) in [5.41, 5.74) is 3.26. The maximum atomic E-state index is 11.0. The summed E-state index contributed by atoms with van der Waals surface area (Å²) < 4.78 is 10.9. The molecule has 0 heterocycles. The summed E-state index contributed by atoms with van der Waals surface area (Å²) in [6.07, 6.45) is 4.98. The fourth-order valence-corrected chi connectivity index (χ4v) is 2.70. The van der Waals surface area contributed by atoms with E-state index in [9.17, 15) is 10.1 Å². The zero-order chi connectivity index (χ0) is 14.7. The summed E-state index contributed by atoms with van der Waals surface area (Å²) in [7, 11) is 3.17. The van der Waals surface area contributed by atoms with Crippen molar-refractivity contribution in [3.8, 4) is 11.5 Å². The van der Waals surface area contributed by atoms with Crippen molar-refractivity contribution in [3.63, 3.8) is 0 Å². The van der Waals surface area contributed by atoms with E-state index in [1.54, 1.807) is 27.2 Å². The molecule has 20 heavy (non-hydrogen) atoms. The quantitative estimate of drug-likeness (QED) is 0.612. The van der Waals surface area contributed by atoms with Crippen molar-refractivity contribution in [2.24, 2.45) is 0 Å². The molecule has 0 aromatic heterocycles. The van der Waals surface area contributed by atoms with E-state index >= 15 is 0 Å². The number of nitro groups is 1. The van der Waals surface area contributed by atoms with Crippen LogP contribution in [0.3, 0.4) is 0 Å². The van der Waals surface area contributed by atoms with Gasteiger partial charge >= 0.3 is 0 Å². The minimum Gasteiger partial charge on any atom is -0.493 e. The average Bonchev–Trinajstić information content (AvgIpc) is 2.90. The van der Waals surface area contributed by atoms with E-state index in [2.05, 4.69) is 0 Å². The van der Waals surface area contributed by atoms with Gasteiger partial charge in [-0.15, -0.1) is 0 Å². The summed E-state index contributed by atoms with van der Waals surface area (Å²) in [6, 6.07) is 1.99. The van der Waals surface area contributed by atoms with Gasteiger partial charge in [0.15, 0.2) is 11.5 Å². The van der Waals surface area contributed by atoms with Crippen molar-refractivity contribution in [3.05, 3.63) is 38.6 Å². The van der Waals surface area contributed by atoms with E-state index in [0.717, 1.165) is 24.8 Å². The van der Waals surface area contributed by atoms with Gasteiger partial charge in [-0.25, -0.2) is 0 Å². The van der Waals surface area contributed by atoms with Crippen molar-refractivity contribution in [2.75, 3.05) is 14.2 Å². The number of hydrogen-bond acceptors (Lipinski definition) is 4. The first-order valence-electron chi connectivity index (χ1n) is 6.74. The molecule has 0 radical (unpaired) electrons. The molecule has 1 aliphatic rings. The van der Waals surface area contributed by atoms with E-state index in [1.807, 2.05) is 6.07 Å². The predicted octanol–water partition coefficient (Wildman–Crippen LogP) is 3.22. The van der Waals surface area contributed by atoms with Crippen LogP contribution in [0.5, 0.6) is 11.5 Å². The first-order chi connectivity index (χ1) is 9.62. The number of allylic oxidation sites excluding steroid dienone is 1. The minimum absolute atomic E-state index is 0.170. The van der Waals surface area contributed by atoms with Crippen molar-refractivity contribution < 1.29 is 14.4 Å². The monoisotopic (exact) mass is 277 g/mol. The molecule has 0 aliphatic heterocycles. The van der Waals surface area contributed by atoms with Crippen LogP contribution in [0.4, 0.5) is 0 Å². The Balaban J connectivity index is 2.61. The Kier molecular flexibility index (Phi) is 4.27. The maximum absolute atomic E-state index is 11.0. The number of rotatable bonds is 5. The van der Waals surface area contributed by atoms with E-state index < -0.39 is 0 Å². The number of fused-ring (bicyclic) bond motifs is 1. The number of hydrogen-bond donors (Lipinski definition) is 0. The second-order valence-electron chi connectivity index (χ2n) is 4.77. The van der Waals surface area contributed by atoms with Crippen LogP contribution >= 0.6 is 0 Å². The molecular formula is C15H19NO4. The molecule has 1 aromatic rings. The topological polar surface area (TPSA) is 61.6 Å². The molecule has 0 N–H and O–H groups in total. The molecule has 0 bridgehead atoms. The normalized spacial score (nSPS) is 14.1. The zero-order valence-electron chi connectivity index (χ0n) is 12.1. The Bertz CT molecular complexity index is 563. The molecule has 1 aromatic carbocycles.